The predicted octanol–water partition coefficient (Wildman–Crippen LogP) is 2.85. The first-order valence-electron chi connectivity index (χ1n) is 6.45. The predicted molar refractivity (Wildman–Crippen MR) is 63.0 cm³/mol. The largest absolute Gasteiger partial charge is 0.299 e. The molecule has 2 heteroatoms. The summed E-state index contributed by atoms with van der Waals surface area (Å²) < 4.78 is 0. The maximum absolute atomic E-state index is 12.3. The van der Waals surface area contributed by atoms with Gasteiger partial charge in [-0.1, -0.05) is 27.7 Å². The van der Waals surface area contributed by atoms with Gasteiger partial charge in [-0.15, -0.1) is 0 Å². The summed E-state index contributed by atoms with van der Waals surface area (Å²) >= 11 is 0. The summed E-state index contributed by atoms with van der Waals surface area (Å²) in [7, 11) is 0. The molecule has 0 bridgehead atoms. The zero-order valence-corrected chi connectivity index (χ0v) is 10.7. The second-order valence-corrected chi connectivity index (χ2v) is 6.31. The van der Waals surface area contributed by atoms with E-state index in [1.165, 1.54) is 0 Å². The Morgan fingerprint density at radius 2 is 2.06 bits per heavy atom. The van der Waals surface area contributed by atoms with Crippen molar-refractivity contribution in [2.45, 2.75) is 47.0 Å². The summed E-state index contributed by atoms with van der Waals surface area (Å²) in [5.41, 5.74) is 0.239. The lowest BCUT2D eigenvalue weighted by Crippen LogP contribution is -2.24. The van der Waals surface area contributed by atoms with Crippen LogP contribution < -0.4 is 0 Å². The molecule has 0 aliphatic heterocycles. The van der Waals surface area contributed by atoms with E-state index in [9.17, 15) is 9.59 Å². The summed E-state index contributed by atoms with van der Waals surface area (Å²) in [6.07, 6.45) is 2.44. The number of rotatable bonds is 2. The molecule has 2 nitrogen and oxygen atoms in total. The van der Waals surface area contributed by atoms with E-state index in [0.717, 1.165) is 12.8 Å². The molecule has 16 heavy (non-hydrogen) atoms. The summed E-state index contributed by atoms with van der Waals surface area (Å²) in [5, 5.41) is 0. The minimum atomic E-state index is -0.276. The van der Waals surface area contributed by atoms with Crippen LogP contribution >= 0.6 is 0 Å². The zero-order valence-electron chi connectivity index (χ0n) is 10.7. The summed E-state index contributed by atoms with van der Waals surface area (Å²) in [5.74, 6) is 1.19. The van der Waals surface area contributed by atoms with Crippen LogP contribution in [-0.2, 0) is 9.59 Å². The molecule has 2 fully saturated rings. The maximum Gasteiger partial charge on any atom is 0.146 e. The number of Topliss-reactive ketones (excluding diaryl/α,β-unsaturated/α-hetero) is 2. The highest BCUT2D eigenvalue weighted by Crippen LogP contribution is 2.57. The quantitative estimate of drug-likeness (QED) is 0.673. The van der Waals surface area contributed by atoms with Gasteiger partial charge >= 0.3 is 0 Å². The molecule has 0 saturated heterocycles. The van der Waals surface area contributed by atoms with Gasteiger partial charge in [0.05, 0.1) is 5.92 Å². The van der Waals surface area contributed by atoms with Gasteiger partial charge in [-0.3, -0.25) is 9.59 Å². The molecule has 0 aromatic rings. The van der Waals surface area contributed by atoms with E-state index in [1.54, 1.807) is 0 Å². The summed E-state index contributed by atoms with van der Waals surface area (Å²) in [6.45, 7) is 8.53. The Labute approximate surface area is 97.8 Å². The second kappa shape index (κ2) is 3.68. The van der Waals surface area contributed by atoms with Crippen molar-refractivity contribution in [3.05, 3.63) is 0 Å². The summed E-state index contributed by atoms with van der Waals surface area (Å²) in [4.78, 5) is 24.0. The normalized spacial score (nSPS) is 41.1. The monoisotopic (exact) mass is 222 g/mol. The van der Waals surface area contributed by atoms with Gasteiger partial charge in [0.2, 0.25) is 0 Å². The van der Waals surface area contributed by atoms with Crippen molar-refractivity contribution < 1.29 is 9.59 Å². The first kappa shape index (κ1) is 11.8. The van der Waals surface area contributed by atoms with Crippen molar-refractivity contribution in [2.24, 2.45) is 29.1 Å². The average Bonchev–Trinajstić information content (AvgIpc) is 2.64. The third-order valence-corrected chi connectivity index (χ3v) is 4.80. The van der Waals surface area contributed by atoms with Crippen LogP contribution in [0.4, 0.5) is 0 Å². The van der Waals surface area contributed by atoms with Crippen molar-refractivity contribution >= 4 is 11.6 Å². The Morgan fingerprint density at radius 3 is 2.56 bits per heavy atom. The van der Waals surface area contributed by atoms with Gasteiger partial charge in [-0.25, -0.2) is 0 Å². The topological polar surface area (TPSA) is 34.1 Å². The molecular formula is C14H22O2. The number of hydrogen-bond donors (Lipinski definition) is 0. The Kier molecular flexibility index (Phi) is 2.72. The molecule has 0 amide bonds. The molecule has 0 spiro atoms. The Bertz CT molecular complexity index is 330. The fraction of sp³-hybridized carbons (Fsp3) is 0.857. The Balaban J connectivity index is 2.25. The Morgan fingerprint density at radius 1 is 1.44 bits per heavy atom. The number of fused-ring (bicyclic) bond motifs is 1. The molecular weight excluding hydrogens is 200 g/mol. The second-order valence-electron chi connectivity index (χ2n) is 6.31. The molecule has 1 unspecified atom stereocenters. The molecule has 0 aromatic carbocycles. The van der Waals surface area contributed by atoms with Crippen LogP contribution in [0.3, 0.4) is 0 Å². The Hall–Kier alpha value is -0.660. The molecule has 0 radical (unpaired) electrons. The van der Waals surface area contributed by atoms with E-state index < -0.39 is 0 Å². The minimum Gasteiger partial charge on any atom is -0.299 e. The van der Waals surface area contributed by atoms with Crippen LogP contribution in [0, 0.1) is 29.1 Å². The number of hydrogen-bond acceptors (Lipinski definition) is 2. The highest BCUT2D eigenvalue weighted by atomic mass is 16.2. The van der Waals surface area contributed by atoms with E-state index in [1.807, 2.05) is 6.92 Å². The van der Waals surface area contributed by atoms with Crippen LogP contribution in [0.1, 0.15) is 47.0 Å². The average molecular weight is 222 g/mol. The summed E-state index contributed by atoms with van der Waals surface area (Å²) in [6, 6.07) is 0. The lowest BCUT2D eigenvalue weighted by atomic mass is 9.79. The zero-order chi connectivity index (χ0) is 12.1. The van der Waals surface area contributed by atoms with E-state index in [-0.39, 0.29) is 28.8 Å². The molecule has 4 atom stereocenters. The molecule has 0 heterocycles. The highest BCUT2D eigenvalue weighted by molar-refractivity contribution is 6.05. The molecule has 2 saturated carbocycles. The molecule has 90 valence electrons. The van der Waals surface area contributed by atoms with Crippen LogP contribution in [0.15, 0.2) is 0 Å². The van der Waals surface area contributed by atoms with E-state index in [4.69, 9.17) is 0 Å². The van der Waals surface area contributed by atoms with Gasteiger partial charge in [-0.2, -0.15) is 0 Å². The van der Waals surface area contributed by atoms with E-state index >= 15 is 0 Å². The van der Waals surface area contributed by atoms with Crippen molar-refractivity contribution in [1.82, 2.24) is 0 Å². The standard InChI is InChI=1S/C14H22O2/c1-5-11(15)9-6-10-12(13(9)16)8(2)7-14(10,3)4/h8-10,12H,5-7H2,1-4H3/t8-,9?,10-,12-/m1/s1. The molecule has 2 aliphatic rings. The third kappa shape index (κ3) is 1.54. The van der Waals surface area contributed by atoms with Gasteiger partial charge in [0, 0.05) is 12.3 Å². The highest BCUT2D eigenvalue weighted by Gasteiger charge is 2.56. The van der Waals surface area contributed by atoms with Crippen molar-refractivity contribution in [3.63, 3.8) is 0 Å². The van der Waals surface area contributed by atoms with Gasteiger partial charge < -0.3 is 0 Å². The van der Waals surface area contributed by atoms with Crippen LogP contribution in [0.5, 0.6) is 0 Å². The lowest BCUT2D eigenvalue weighted by Gasteiger charge is -2.25. The molecule has 2 aliphatic carbocycles. The molecule has 2 rings (SSSR count). The number of ketones is 2. The smallest absolute Gasteiger partial charge is 0.146 e. The van der Waals surface area contributed by atoms with Gasteiger partial charge in [0.1, 0.15) is 11.6 Å². The fourth-order valence-electron chi connectivity index (χ4n) is 4.07. The minimum absolute atomic E-state index is 0.155. The third-order valence-electron chi connectivity index (χ3n) is 4.80. The number of carbonyl (C=O) groups is 2. The SMILES string of the molecule is CCC(=O)C1C[C@@H]2[C@H](C1=O)[C@H](C)CC2(C)C. The fourth-order valence-corrected chi connectivity index (χ4v) is 4.07. The maximum atomic E-state index is 12.3. The first-order valence-corrected chi connectivity index (χ1v) is 6.45. The van der Waals surface area contributed by atoms with Crippen molar-refractivity contribution in [2.75, 3.05) is 0 Å². The van der Waals surface area contributed by atoms with Gasteiger partial charge in [0.15, 0.2) is 0 Å². The molecule has 0 aromatic heterocycles. The van der Waals surface area contributed by atoms with Gasteiger partial charge in [0.25, 0.3) is 0 Å². The number of carbonyl (C=O) groups excluding carboxylic acids is 2. The van der Waals surface area contributed by atoms with E-state index in [2.05, 4.69) is 20.8 Å². The van der Waals surface area contributed by atoms with Gasteiger partial charge in [-0.05, 0) is 30.1 Å². The van der Waals surface area contributed by atoms with E-state index in [0.29, 0.717) is 18.3 Å². The van der Waals surface area contributed by atoms with Crippen molar-refractivity contribution in [3.8, 4) is 0 Å². The van der Waals surface area contributed by atoms with Crippen LogP contribution in [-0.4, -0.2) is 11.6 Å². The van der Waals surface area contributed by atoms with Crippen molar-refractivity contribution in [1.29, 1.82) is 0 Å². The van der Waals surface area contributed by atoms with Crippen LogP contribution in [0.2, 0.25) is 0 Å². The molecule has 0 N–H and O–H groups in total. The lowest BCUT2D eigenvalue weighted by molar-refractivity contribution is -0.132. The first-order chi connectivity index (χ1) is 7.38. The van der Waals surface area contributed by atoms with Crippen LogP contribution in [0.25, 0.3) is 0 Å².